The fourth-order valence-corrected chi connectivity index (χ4v) is 4.22. The first-order valence-electron chi connectivity index (χ1n) is 11.3. The van der Waals surface area contributed by atoms with E-state index in [1.807, 2.05) is 0 Å². The Morgan fingerprint density at radius 1 is 1.14 bits per heavy atom. The van der Waals surface area contributed by atoms with E-state index in [1.54, 1.807) is 13.8 Å². The van der Waals surface area contributed by atoms with Gasteiger partial charge in [0.15, 0.2) is 0 Å². The van der Waals surface area contributed by atoms with Crippen LogP contribution >= 0.6 is 0 Å². The molecule has 2 heterocycles. The topological polar surface area (TPSA) is 69.0 Å². The number of rotatable bonds is 8. The number of ether oxygens (including phenoxy) is 1. The number of fused-ring (bicyclic) bond motifs is 1. The number of hydrogen-bond acceptors (Lipinski definition) is 5. The van der Waals surface area contributed by atoms with Crippen LogP contribution in [0.25, 0.3) is 10.9 Å². The van der Waals surface area contributed by atoms with Crippen LogP contribution in [0.4, 0.5) is 27.8 Å². The summed E-state index contributed by atoms with van der Waals surface area (Å²) in [6.07, 6.45) is -2.91. The van der Waals surface area contributed by atoms with Crippen molar-refractivity contribution < 1.29 is 26.7 Å². The first-order chi connectivity index (χ1) is 16.6. The van der Waals surface area contributed by atoms with Gasteiger partial charge in [-0.1, -0.05) is 18.2 Å². The zero-order valence-corrected chi connectivity index (χ0v) is 19.0. The molecule has 1 atom stereocenters. The molecule has 11 heteroatoms. The zero-order valence-electron chi connectivity index (χ0n) is 19.0. The predicted octanol–water partition coefficient (Wildman–Crippen LogP) is 5.65. The molecule has 0 radical (unpaired) electrons. The third-order valence-electron chi connectivity index (χ3n) is 6.51. The maximum absolute atomic E-state index is 14.8. The number of nitrogens with one attached hydrogen (secondary N) is 1. The number of pyridine rings is 1. The molecule has 1 aromatic carbocycles. The van der Waals surface area contributed by atoms with Crippen LogP contribution in [0.15, 0.2) is 29.2 Å². The molecule has 0 spiro atoms. The van der Waals surface area contributed by atoms with Crippen LogP contribution in [0.1, 0.15) is 62.0 Å². The molecule has 2 aliphatic rings. The van der Waals surface area contributed by atoms with Gasteiger partial charge in [-0.25, -0.2) is 31.9 Å². The predicted molar refractivity (Wildman–Crippen MR) is 119 cm³/mol. The van der Waals surface area contributed by atoms with Crippen molar-refractivity contribution in [3.05, 3.63) is 57.5 Å². The smallest absolute Gasteiger partial charge is 0.295 e. The van der Waals surface area contributed by atoms with E-state index in [-0.39, 0.29) is 52.8 Å². The summed E-state index contributed by atoms with van der Waals surface area (Å²) in [6.45, 7) is 3.15. The van der Waals surface area contributed by atoms with E-state index in [2.05, 4.69) is 15.3 Å². The van der Waals surface area contributed by atoms with Gasteiger partial charge in [0.05, 0.1) is 23.1 Å². The van der Waals surface area contributed by atoms with E-state index in [1.165, 1.54) is 18.3 Å². The molecule has 2 fully saturated rings. The monoisotopic (exact) mass is 494 g/mol. The highest BCUT2D eigenvalue weighted by molar-refractivity contribution is 5.92. The van der Waals surface area contributed by atoms with Gasteiger partial charge in [0.2, 0.25) is 5.75 Å². The second-order valence-electron chi connectivity index (χ2n) is 9.15. The lowest BCUT2D eigenvalue weighted by molar-refractivity contribution is 0.0648. The Kier molecular flexibility index (Phi) is 5.68. The fraction of sp³-hybridized carbons (Fsp3) is 0.458. The SMILES string of the molecule is Cc1nc(N[C@H](C)c2cccc(C(F)F)c2F)c2cn(C3(C(F)F)CC3)c(=O)c(OC3CC3)c2n1. The van der Waals surface area contributed by atoms with Crippen molar-refractivity contribution in [2.45, 2.75) is 70.1 Å². The molecule has 0 unspecified atom stereocenters. The highest BCUT2D eigenvalue weighted by atomic mass is 19.3. The largest absolute Gasteiger partial charge is 0.483 e. The Hall–Kier alpha value is -3.24. The number of aryl methyl sites for hydroxylation is 1. The van der Waals surface area contributed by atoms with Crippen molar-refractivity contribution in [1.29, 1.82) is 0 Å². The van der Waals surface area contributed by atoms with Crippen LogP contribution in [-0.2, 0) is 5.54 Å². The minimum Gasteiger partial charge on any atom is -0.483 e. The molecular weight excluding hydrogens is 471 g/mol. The van der Waals surface area contributed by atoms with Gasteiger partial charge in [0.25, 0.3) is 18.4 Å². The van der Waals surface area contributed by atoms with Crippen molar-refractivity contribution in [3.8, 4) is 5.75 Å². The summed E-state index contributed by atoms with van der Waals surface area (Å²) in [4.78, 5) is 22.0. The molecule has 0 amide bonds. The summed E-state index contributed by atoms with van der Waals surface area (Å²) in [5, 5.41) is 3.24. The summed E-state index contributed by atoms with van der Waals surface area (Å²) in [5.74, 6) is -0.742. The molecule has 1 N–H and O–H groups in total. The molecule has 0 aliphatic heterocycles. The van der Waals surface area contributed by atoms with E-state index in [9.17, 15) is 26.7 Å². The zero-order chi connectivity index (χ0) is 25.1. The number of nitrogens with zero attached hydrogens (tertiary/aromatic N) is 3. The molecule has 35 heavy (non-hydrogen) atoms. The van der Waals surface area contributed by atoms with E-state index < -0.39 is 41.4 Å². The van der Waals surface area contributed by atoms with Crippen molar-refractivity contribution in [3.63, 3.8) is 0 Å². The van der Waals surface area contributed by atoms with Crippen LogP contribution in [0.2, 0.25) is 0 Å². The number of aromatic nitrogens is 3. The average Bonchev–Trinajstić information content (AvgIpc) is 3.71. The van der Waals surface area contributed by atoms with Gasteiger partial charge in [-0.05, 0) is 39.5 Å². The Morgan fingerprint density at radius 2 is 1.83 bits per heavy atom. The lowest BCUT2D eigenvalue weighted by atomic mass is 10.0. The molecule has 2 aromatic heterocycles. The molecule has 5 rings (SSSR count). The summed E-state index contributed by atoms with van der Waals surface area (Å²) < 4.78 is 75.9. The third-order valence-corrected chi connectivity index (χ3v) is 6.51. The quantitative estimate of drug-likeness (QED) is 0.410. The van der Waals surface area contributed by atoms with E-state index in [0.29, 0.717) is 0 Å². The number of halogens is 5. The Bertz CT molecular complexity index is 1350. The number of anilines is 1. The van der Waals surface area contributed by atoms with Crippen molar-refractivity contribution in [2.24, 2.45) is 0 Å². The summed E-state index contributed by atoms with van der Waals surface area (Å²) in [6, 6.07) is 2.91. The molecule has 0 saturated heterocycles. The van der Waals surface area contributed by atoms with Gasteiger partial charge in [0.1, 0.15) is 28.5 Å². The van der Waals surface area contributed by atoms with Gasteiger partial charge in [-0.2, -0.15) is 0 Å². The van der Waals surface area contributed by atoms with Gasteiger partial charge >= 0.3 is 0 Å². The van der Waals surface area contributed by atoms with Gasteiger partial charge in [0, 0.05) is 11.8 Å². The first-order valence-corrected chi connectivity index (χ1v) is 11.3. The number of hydrogen-bond donors (Lipinski definition) is 1. The third kappa shape index (κ3) is 4.10. The maximum atomic E-state index is 14.8. The molecule has 0 bridgehead atoms. The first kappa shape index (κ1) is 23.5. The highest BCUT2D eigenvalue weighted by Gasteiger charge is 2.54. The maximum Gasteiger partial charge on any atom is 0.295 e. The van der Waals surface area contributed by atoms with E-state index >= 15 is 0 Å². The molecule has 186 valence electrons. The molecule has 6 nitrogen and oxygen atoms in total. The Balaban J connectivity index is 1.65. The van der Waals surface area contributed by atoms with E-state index in [4.69, 9.17) is 4.74 Å². The number of benzene rings is 1. The van der Waals surface area contributed by atoms with Crippen LogP contribution < -0.4 is 15.6 Å². The summed E-state index contributed by atoms with van der Waals surface area (Å²) in [5.41, 5.74) is -2.89. The Labute approximate surface area is 197 Å². The fourth-order valence-electron chi connectivity index (χ4n) is 4.22. The van der Waals surface area contributed by atoms with Crippen LogP contribution in [0.5, 0.6) is 5.75 Å². The normalized spacial score (nSPS) is 17.7. The molecular formula is C24H23F5N4O2. The number of alkyl halides is 4. The lowest BCUT2D eigenvalue weighted by Gasteiger charge is -2.22. The Morgan fingerprint density at radius 3 is 2.43 bits per heavy atom. The summed E-state index contributed by atoms with van der Waals surface area (Å²) >= 11 is 0. The van der Waals surface area contributed by atoms with Crippen LogP contribution in [-0.4, -0.2) is 27.1 Å². The van der Waals surface area contributed by atoms with Crippen molar-refractivity contribution in [2.75, 3.05) is 5.32 Å². The standard InChI is InChI=1S/C24H23F5N4O2/c1-11(14-4-3-5-15(17(14)25)20(26)27)30-21-16-10-33(24(8-9-24)23(28)29)22(34)19(35-13-6-7-13)18(16)31-12(2)32-21/h3-5,10-11,13,20,23H,6-9H2,1-2H3,(H,30,31,32)/t11-/m1/s1. The van der Waals surface area contributed by atoms with E-state index in [0.717, 1.165) is 23.5 Å². The van der Waals surface area contributed by atoms with Crippen molar-refractivity contribution >= 4 is 16.7 Å². The van der Waals surface area contributed by atoms with Crippen LogP contribution in [0, 0.1) is 12.7 Å². The molecule has 2 aliphatic carbocycles. The second-order valence-corrected chi connectivity index (χ2v) is 9.15. The molecule has 3 aromatic rings. The minimum absolute atomic E-state index is 0.0127. The van der Waals surface area contributed by atoms with Crippen LogP contribution in [0.3, 0.4) is 0 Å². The van der Waals surface area contributed by atoms with Gasteiger partial charge in [-0.15, -0.1) is 0 Å². The lowest BCUT2D eigenvalue weighted by Crippen LogP contribution is -2.36. The van der Waals surface area contributed by atoms with Gasteiger partial charge in [-0.3, -0.25) is 9.36 Å². The van der Waals surface area contributed by atoms with Crippen molar-refractivity contribution in [1.82, 2.24) is 14.5 Å². The summed E-state index contributed by atoms with van der Waals surface area (Å²) in [7, 11) is 0. The van der Waals surface area contributed by atoms with Gasteiger partial charge < -0.3 is 10.1 Å². The minimum atomic E-state index is -2.98. The highest BCUT2D eigenvalue weighted by Crippen LogP contribution is 2.48. The average molecular weight is 494 g/mol. The second kappa shape index (κ2) is 8.46. The molecule has 2 saturated carbocycles.